The average molecular weight is 331 g/mol. The van der Waals surface area contributed by atoms with Crippen molar-refractivity contribution in [2.75, 3.05) is 27.2 Å². The number of hydrogen-bond donors (Lipinski definition) is 1. The second-order valence-electron chi connectivity index (χ2n) is 5.71. The quantitative estimate of drug-likeness (QED) is 0.925. The Morgan fingerprint density at radius 3 is 2.43 bits per heavy atom. The van der Waals surface area contributed by atoms with Gasteiger partial charge in [-0.15, -0.1) is 0 Å². The Morgan fingerprint density at radius 2 is 1.95 bits per heavy atom. The molecule has 0 radical (unpaired) electrons. The number of halogens is 2. The topological polar surface area (TPSA) is 43.8 Å². The van der Waals surface area contributed by atoms with Crippen molar-refractivity contribution >= 4 is 29.1 Å². The minimum absolute atomic E-state index is 0.0383. The van der Waals surface area contributed by atoms with E-state index >= 15 is 0 Å². The lowest BCUT2D eigenvalue weighted by Gasteiger charge is -2.24. The largest absolute Gasteiger partial charge is 0.394 e. The molecule has 6 heteroatoms. The molecule has 4 nitrogen and oxygen atoms in total. The number of carbonyl (C=O) groups excluding carboxylic acids is 1. The second-order valence-corrected chi connectivity index (χ2v) is 6.53. The van der Waals surface area contributed by atoms with Crippen LogP contribution >= 0.6 is 23.2 Å². The first-order valence-corrected chi connectivity index (χ1v) is 7.64. The number of aliphatic hydroxyl groups is 1. The molecule has 116 valence electrons. The summed E-state index contributed by atoms with van der Waals surface area (Å²) < 4.78 is 0. The molecule has 1 saturated heterocycles. The molecule has 2 atom stereocenters. The van der Waals surface area contributed by atoms with Crippen molar-refractivity contribution in [1.29, 1.82) is 0 Å². The summed E-state index contributed by atoms with van der Waals surface area (Å²) in [5, 5.41) is 10.5. The molecule has 1 aliphatic rings. The van der Waals surface area contributed by atoms with E-state index in [-0.39, 0.29) is 24.6 Å². The summed E-state index contributed by atoms with van der Waals surface area (Å²) in [4.78, 5) is 16.5. The average Bonchev–Trinajstić information content (AvgIpc) is 2.87. The summed E-state index contributed by atoms with van der Waals surface area (Å²) in [6.45, 7) is 2.37. The fourth-order valence-corrected chi connectivity index (χ4v) is 3.11. The Balaban J connectivity index is 2.27. The summed E-state index contributed by atoms with van der Waals surface area (Å²) in [7, 11) is 3.96. The Labute approximate surface area is 135 Å². The van der Waals surface area contributed by atoms with Gasteiger partial charge in [-0.3, -0.25) is 4.79 Å². The van der Waals surface area contributed by atoms with E-state index in [1.165, 1.54) is 0 Å². The molecule has 2 unspecified atom stereocenters. The van der Waals surface area contributed by atoms with Crippen LogP contribution in [0.5, 0.6) is 0 Å². The zero-order valence-corrected chi connectivity index (χ0v) is 13.9. The van der Waals surface area contributed by atoms with E-state index in [0.29, 0.717) is 22.2 Å². The highest BCUT2D eigenvalue weighted by molar-refractivity contribution is 6.36. The number of likely N-dealkylation sites (N-methyl/N-ethyl adjacent to an activating group) is 1. The smallest absolute Gasteiger partial charge is 0.254 e. The third-order valence-electron chi connectivity index (χ3n) is 4.12. The summed E-state index contributed by atoms with van der Waals surface area (Å²) in [5.74, 6) is -0.137. The van der Waals surface area contributed by atoms with Crippen molar-refractivity contribution < 1.29 is 9.90 Å². The highest BCUT2D eigenvalue weighted by Crippen LogP contribution is 2.28. The first-order chi connectivity index (χ1) is 9.85. The highest BCUT2D eigenvalue weighted by atomic mass is 35.5. The van der Waals surface area contributed by atoms with Crippen molar-refractivity contribution in [1.82, 2.24) is 9.80 Å². The van der Waals surface area contributed by atoms with Gasteiger partial charge in [-0.1, -0.05) is 23.2 Å². The van der Waals surface area contributed by atoms with Crippen molar-refractivity contribution in [3.8, 4) is 0 Å². The Morgan fingerprint density at radius 1 is 1.38 bits per heavy atom. The van der Waals surface area contributed by atoms with E-state index in [2.05, 4.69) is 4.90 Å². The minimum atomic E-state index is -0.163. The molecule has 0 bridgehead atoms. The zero-order chi connectivity index (χ0) is 15.7. The van der Waals surface area contributed by atoms with Gasteiger partial charge in [-0.05, 0) is 45.1 Å². The van der Waals surface area contributed by atoms with Crippen LogP contribution in [0.4, 0.5) is 0 Å². The van der Waals surface area contributed by atoms with E-state index in [9.17, 15) is 9.90 Å². The maximum absolute atomic E-state index is 12.7. The van der Waals surface area contributed by atoms with Gasteiger partial charge in [0.15, 0.2) is 0 Å². The van der Waals surface area contributed by atoms with Crippen LogP contribution in [0.25, 0.3) is 0 Å². The molecule has 1 aliphatic heterocycles. The summed E-state index contributed by atoms with van der Waals surface area (Å²) in [5.41, 5.74) is 1.23. The third kappa shape index (κ3) is 3.34. The molecule has 2 rings (SSSR count). The van der Waals surface area contributed by atoms with Gasteiger partial charge in [0.25, 0.3) is 5.91 Å². The van der Waals surface area contributed by atoms with Crippen molar-refractivity contribution in [3.63, 3.8) is 0 Å². The van der Waals surface area contributed by atoms with Crippen LogP contribution in [-0.4, -0.2) is 60.1 Å². The molecule has 1 amide bonds. The van der Waals surface area contributed by atoms with Gasteiger partial charge in [-0.25, -0.2) is 0 Å². The summed E-state index contributed by atoms with van der Waals surface area (Å²) in [6.07, 6.45) is 0.766. The standard InChI is InChI=1S/C15H20Cl2N2O2/c1-9-13(16)4-10(5-14(9)17)15(21)19-7-11(18(2)3)6-12(19)8-20/h4-5,11-12,20H,6-8H2,1-3H3. The molecule has 1 fully saturated rings. The van der Waals surface area contributed by atoms with E-state index in [1.54, 1.807) is 17.0 Å². The van der Waals surface area contributed by atoms with E-state index in [0.717, 1.165) is 12.0 Å². The maximum Gasteiger partial charge on any atom is 0.254 e. The van der Waals surface area contributed by atoms with Gasteiger partial charge in [0.2, 0.25) is 0 Å². The fraction of sp³-hybridized carbons (Fsp3) is 0.533. The zero-order valence-electron chi connectivity index (χ0n) is 12.4. The van der Waals surface area contributed by atoms with Crippen LogP contribution in [-0.2, 0) is 0 Å². The lowest BCUT2D eigenvalue weighted by atomic mass is 10.1. The molecular weight excluding hydrogens is 311 g/mol. The number of likely N-dealkylation sites (tertiary alicyclic amines) is 1. The van der Waals surface area contributed by atoms with Gasteiger partial charge in [0.05, 0.1) is 12.6 Å². The molecule has 0 spiro atoms. The number of aliphatic hydroxyl groups excluding tert-OH is 1. The van der Waals surface area contributed by atoms with Gasteiger partial charge >= 0.3 is 0 Å². The van der Waals surface area contributed by atoms with Crippen molar-refractivity contribution in [3.05, 3.63) is 33.3 Å². The van der Waals surface area contributed by atoms with Crippen molar-refractivity contribution in [2.24, 2.45) is 0 Å². The van der Waals surface area contributed by atoms with Gasteiger partial charge in [0, 0.05) is 28.2 Å². The number of carbonyl (C=O) groups is 1. The molecule has 21 heavy (non-hydrogen) atoms. The Bertz CT molecular complexity index is 525. The summed E-state index contributed by atoms with van der Waals surface area (Å²) in [6, 6.07) is 3.37. The van der Waals surface area contributed by atoms with Crippen LogP contribution in [0.1, 0.15) is 22.3 Å². The van der Waals surface area contributed by atoms with Crippen molar-refractivity contribution in [2.45, 2.75) is 25.4 Å². The predicted molar refractivity (Wildman–Crippen MR) is 85.2 cm³/mol. The number of nitrogens with zero attached hydrogens (tertiary/aromatic N) is 2. The molecule has 0 saturated carbocycles. The molecule has 1 N–H and O–H groups in total. The first-order valence-electron chi connectivity index (χ1n) is 6.89. The molecule has 1 heterocycles. The lowest BCUT2D eigenvalue weighted by molar-refractivity contribution is 0.0673. The van der Waals surface area contributed by atoms with Crippen LogP contribution in [0.15, 0.2) is 12.1 Å². The Kier molecular flexibility index (Phi) is 5.15. The second kappa shape index (κ2) is 6.53. The Hall–Kier alpha value is -0.810. The maximum atomic E-state index is 12.7. The molecule has 1 aromatic rings. The predicted octanol–water partition coefficient (Wildman–Crippen LogP) is 2.44. The molecule has 0 aliphatic carbocycles. The minimum Gasteiger partial charge on any atom is -0.394 e. The number of hydrogen-bond acceptors (Lipinski definition) is 3. The molecular formula is C15H20Cl2N2O2. The van der Waals surface area contributed by atoms with Crippen LogP contribution in [0.2, 0.25) is 10.0 Å². The summed E-state index contributed by atoms with van der Waals surface area (Å²) >= 11 is 12.2. The van der Waals surface area contributed by atoms with E-state index in [1.807, 2.05) is 21.0 Å². The van der Waals surface area contributed by atoms with Gasteiger partial charge < -0.3 is 14.9 Å². The molecule has 1 aromatic carbocycles. The van der Waals surface area contributed by atoms with Crippen LogP contribution in [0, 0.1) is 6.92 Å². The number of rotatable bonds is 3. The fourth-order valence-electron chi connectivity index (χ4n) is 2.62. The monoisotopic (exact) mass is 330 g/mol. The first kappa shape index (κ1) is 16.6. The third-order valence-corrected chi connectivity index (χ3v) is 4.91. The SMILES string of the molecule is Cc1c(Cl)cc(C(=O)N2CC(N(C)C)CC2CO)cc1Cl. The van der Waals surface area contributed by atoms with E-state index < -0.39 is 0 Å². The highest BCUT2D eigenvalue weighted by Gasteiger charge is 2.36. The number of amides is 1. The van der Waals surface area contributed by atoms with Gasteiger partial charge in [-0.2, -0.15) is 0 Å². The lowest BCUT2D eigenvalue weighted by Crippen LogP contribution is -2.38. The normalized spacial score (nSPS) is 22.1. The number of benzene rings is 1. The molecule has 0 aromatic heterocycles. The van der Waals surface area contributed by atoms with E-state index in [4.69, 9.17) is 23.2 Å². The van der Waals surface area contributed by atoms with Crippen LogP contribution in [0.3, 0.4) is 0 Å². The van der Waals surface area contributed by atoms with Crippen LogP contribution < -0.4 is 0 Å². The van der Waals surface area contributed by atoms with Gasteiger partial charge in [0.1, 0.15) is 0 Å².